The van der Waals surface area contributed by atoms with Gasteiger partial charge in [-0.15, -0.1) is 0 Å². The van der Waals surface area contributed by atoms with Crippen LogP contribution in [0.15, 0.2) is 24.3 Å². The summed E-state index contributed by atoms with van der Waals surface area (Å²) in [7, 11) is 0. The average Bonchev–Trinajstić information content (AvgIpc) is 3.50. The molecular formula is C34H36N4O4S. The Hall–Kier alpha value is -4.11. The van der Waals surface area contributed by atoms with Crippen LogP contribution in [0.3, 0.4) is 0 Å². The highest BCUT2D eigenvalue weighted by atomic mass is 32.2. The number of aromatic nitrogens is 4. The third-order valence-corrected chi connectivity index (χ3v) is 9.81. The van der Waals surface area contributed by atoms with Gasteiger partial charge in [-0.3, -0.25) is 9.59 Å². The predicted molar refractivity (Wildman–Crippen MR) is 174 cm³/mol. The van der Waals surface area contributed by atoms with Gasteiger partial charge >= 0.3 is 11.9 Å². The van der Waals surface area contributed by atoms with E-state index in [2.05, 4.69) is 48.9 Å². The molecule has 4 N–H and O–H groups in total. The van der Waals surface area contributed by atoms with Crippen LogP contribution in [-0.2, 0) is 22.4 Å². The molecule has 0 spiro atoms. The number of aromatic amines is 2. The molecule has 3 aromatic rings. The number of carbonyl (C=O) groups is 2. The molecule has 9 heteroatoms. The Balaban J connectivity index is 1.72. The van der Waals surface area contributed by atoms with Crippen LogP contribution in [0.2, 0.25) is 0 Å². The molecule has 1 fully saturated rings. The Kier molecular flexibility index (Phi) is 7.54. The highest BCUT2D eigenvalue weighted by Gasteiger charge is 2.34. The van der Waals surface area contributed by atoms with E-state index in [-0.39, 0.29) is 12.8 Å². The third kappa shape index (κ3) is 5.42. The van der Waals surface area contributed by atoms with Gasteiger partial charge < -0.3 is 20.2 Å². The lowest BCUT2D eigenvalue weighted by Gasteiger charge is -2.03. The third-order valence-electron chi connectivity index (χ3n) is 8.91. The maximum atomic E-state index is 11.6. The number of allylic oxidation sites excluding steroid dienone is 3. The second-order valence-electron chi connectivity index (χ2n) is 11.6. The second kappa shape index (κ2) is 11.2. The average molecular weight is 597 g/mol. The molecule has 0 radical (unpaired) electrons. The van der Waals surface area contributed by atoms with E-state index >= 15 is 0 Å². The van der Waals surface area contributed by atoms with E-state index in [1.54, 1.807) is 0 Å². The largest absolute Gasteiger partial charge is 0.481 e. The first-order chi connectivity index (χ1) is 20.5. The molecule has 8 bridgehead atoms. The van der Waals surface area contributed by atoms with Crippen LogP contribution >= 0.6 is 11.8 Å². The molecule has 3 aliphatic rings. The highest BCUT2D eigenvalue weighted by Crippen LogP contribution is 2.47. The Bertz CT molecular complexity index is 1920. The summed E-state index contributed by atoms with van der Waals surface area (Å²) >= 11 is 1.91. The van der Waals surface area contributed by atoms with Gasteiger partial charge in [-0.05, 0) is 116 Å². The van der Waals surface area contributed by atoms with Crippen molar-refractivity contribution in [3.05, 3.63) is 69.3 Å². The van der Waals surface area contributed by atoms with Gasteiger partial charge in [-0.1, -0.05) is 6.92 Å². The first-order valence-electron chi connectivity index (χ1n) is 14.8. The smallest absolute Gasteiger partial charge is 0.303 e. The van der Waals surface area contributed by atoms with Crippen LogP contribution in [0.4, 0.5) is 0 Å². The van der Waals surface area contributed by atoms with Crippen molar-refractivity contribution in [1.29, 1.82) is 0 Å². The molecule has 6 heterocycles. The van der Waals surface area contributed by atoms with Gasteiger partial charge in [0.15, 0.2) is 0 Å². The quantitative estimate of drug-likeness (QED) is 0.200. The molecule has 0 amide bonds. The molecule has 43 heavy (non-hydrogen) atoms. The fourth-order valence-electron chi connectivity index (χ4n) is 6.36. The van der Waals surface area contributed by atoms with E-state index in [1.807, 2.05) is 31.7 Å². The number of aryl methyl sites for hydroxylation is 4. The summed E-state index contributed by atoms with van der Waals surface area (Å²) in [6, 6.07) is 8.27. The van der Waals surface area contributed by atoms with Crippen molar-refractivity contribution in [2.75, 3.05) is 5.75 Å². The van der Waals surface area contributed by atoms with Gasteiger partial charge in [-0.25, -0.2) is 9.97 Å². The molecule has 0 aromatic carbocycles. The first-order valence-corrected chi connectivity index (χ1v) is 15.8. The van der Waals surface area contributed by atoms with Gasteiger partial charge in [-0.2, -0.15) is 11.8 Å². The van der Waals surface area contributed by atoms with Gasteiger partial charge in [0.25, 0.3) is 0 Å². The van der Waals surface area contributed by atoms with Gasteiger partial charge in [0, 0.05) is 45.9 Å². The fourth-order valence-corrected chi connectivity index (χ4v) is 7.09. The topological polar surface area (TPSA) is 132 Å². The number of hydrogen-bond acceptors (Lipinski definition) is 5. The van der Waals surface area contributed by atoms with Crippen molar-refractivity contribution in [2.45, 2.75) is 72.0 Å². The summed E-state index contributed by atoms with van der Waals surface area (Å²) < 4.78 is 0. The SMILES string of the molecule is CCc1c(C)c2cc3[nH]c(cc4nc(cc5nc(cc1[nH]2)C(C)=C5[C@H]1CS1)C(C)=C4CCC(=O)O)c(CCC(=O)O)c3C. The number of H-pyrrole nitrogens is 2. The molecule has 0 unspecified atom stereocenters. The van der Waals surface area contributed by atoms with Crippen LogP contribution in [0.25, 0.3) is 44.4 Å². The maximum Gasteiger partial charge on any atom is 0.303 e. The normalized spacial score (nSPS) is 16.3. The monoisotopic (exact) mass is 596 g/mol. The number of fused-ring (bicyclic) bond motifs is 8. The molecule has 0 saturated carbocycles. The summed E-state index contributed by atoms with van der Waals surface area (Å²) in [5.74, 6) is -0.651. The number of hydrogen-bond donors (Lipinski definition) is 4. The maximum absolute atomic E-state index is 11.6. The van der Waals surface area contributed by atoms with Gasteiger partial charge in [0.05, 0.1) is 22.8 Å². The van der Waals surface area contributed by atoms with Crippen LogP contribution in [-0.4, -0.2) is 53.1 Å². The Morgan fingerprint density at radius 2 is 1.33 bits per heavy atom. The minimum absolute atomic E-state index is 0.00401. The minimum atomic E-state index is -0.862. The van der Waals surface area contributed by atoms with Gasteiger partial charge in [0.2, 0.25) is 0 Å². The predicted octanol–water partition coefficient (Wildman–Crippen LogP) is 7.35. The van der Waals surface area contributed by atoms with Crippen molar-refractivity contribution < 1.29 is 19.8 Å². The first kappa shape index (κ1) is 29.0. The zero-order valence-electron chi connectivity index (χ0n) is 25.1. The van der Waals surface area contributed by atoms with E-state index in [4.69, 9.17) is 9.97 Å². The lowest BCUT2D eigenvalue weighted by Crippen LogP contribution is -1.98. The molecule has 222 valence electrons. The van der Waals surface area contributed by atoms with Crippen LogP contribution in [0.5, 0.6) is 0 Å². The fraction of sp³-hybridized carbons (Fsp3) is 0.353. The van der Waals surface area contributed by atoms with Crippen LogP contribution in [0.1, 0.15) is 85.1 Å². The lowest BCUT2D eigenvalue weighted by atomic mass is 9.99. The standard InChI is InChI=1S/C34H36N4O4S/c1-6-20-16(2)23-11-24-17(3)21(7-9-32(39)40)28(36-24)14-29-22(8-10-33(41)42)18(4)25(37-29)13-30-34(31-15-43-31)19(5)26(38-30)12-27(20)35-23/h11-14,31,35-36H,6-10,15H2,1-5H3,(H,39,40)(H,41,42)/t31-/m1/s1. The van der Waals surface area contributed by atoms with E-state index in [1.165, 1.54) is 22.3 Å². The number of nitrogens with zero attached hydrogens (tertiary/aromatic N) is 2. The Morgan fingerprint density at radius 1 is 0.767 bits per heavy atom. The number of carboxylic acids is 2. The molecule has 1 atom stereocenters. The van der Waals surface area contributed by atoms with Gasteiger partial charge in [0.1, 0.15) is 0 Å². The molecular weight excluding hydrogens is 560 g/mol. The summed E-state index contributed by atoms with van der Waals surface area (Å²) in [6.07, 6.45) is 1.58. The molecule has 0 aliphatic carbocycles. The number of aliphatic carboxylic acids is 2. The lowest BCUT2D eigenvalue weighted by molar-refractivity contribution is -0.137. The van der Waals surface area contributed by atoms with Crippen molar-refractivity contribution >= 4 is 68.1 Å². The summed E-state index contributed by atoms with van der Waals surface area (Å²) in [6.45, 7) is 10.5. The number of nitrogens with one attached hydrogen (secondary N) is 2. The molecule has 1 saturated heterocycles. The minimum Gasteiger partial charge on any atom is -0.481 e. The molecule has 6 rings (SSSR count). The van der Waals surface area contributed by atoms with Crippen LogP contribution in [0, 0.1) is 13.8 Å². The zero-order chi connectivity index (χ0) is 30.6. The zero-order valence-corrected chi connectivity index (χ0v) is 26.0. The van der Waals surface area contributed by atoms with Crippen molar-refractivity contribution in [2.24, 2.45) is 0 Å². The number of rotatable bonds is 8. The molecule has 3 aromatic heterocycles. The van der Waals surface area contributed by atoms with E-state index in [9.17, 15) is 19.8 Å². The van der Waals surface area contributed by atoms with Crippen molar-refractivity contribution in [3.8, 4) is 0 Å². The molecule has 8 nitrogen and oxygen atoms in total. The highest BCUT2D eigenvalue weighted by molar-refractivity contribution is 8.07. The summed E-state index contributed by atoms with van der Waals surface area (Å²) in [4.78, 5) is 40.5. The summed E-state index contributed by atoms with van der Waals surface area (Å²) in [5, 5.41) is 19.4. The number of carboxylic acid groups (broad SMARTS) is 2. The van der Waals surface area contributed by atoms with E-state index in [0.29, 0.717) is 23.8 Å². The summed E-state index contributed by atoms with van der Waals surface area (Å²) in [5.41, 5.74) is 15.7. The van der Waals surface area contributed by atoms with Crippen molar-refractivity contribution in [1.82, 2.24) is 19.9 Å². The Labute approximate surface area is 254 Å². The van der Waals surface area contributed by atoms with E-state index in [0.717, 1.165) is 73.6 Å². The Morgan fingerprint density at radius 3 is 1.95 bits per heavy atom. The second-order valence-corrected chi connectivity index (χ2v) is 12.8. The number of thioether (sulfide) groups is 1. The van der Waals surface area contributed by atoms with Crippen molar-refractivity contribution in [3.63, 3.8) is 0 Å². The van der Waals surface area contributed by atoms with E-state index < -0.39 is 11.9 Å². The molecule has 3 aliphatic heterocycles. The van der Waals surface area contributed by atoms with Crippen LogP contribution < -0.4 is 0 Å².